The highest BCUT2D eigenvalue weighted by Gasteiger charge is 1.98. The summed E-state index contributed by atoms with van der Waals surface area (Å²) in [5.41, 5.74) is 1.77. The third kappa shape index (κ3) is 4.01. The van der Waals surface area contributed by atoms with Gasteiger partial charge in [0.1, 0.15) is 6.33 Å². The molecule has 6 heteroatoms. The van der Waals surface area contributed by atoms with Crippen molar-refractivity contribution in [2.45, 2.75) is 19.8 Å². The van der Waals surface area contributed by atoms with Crippen LogP contribution in [-0.2, 0) is 4.79 Å². The maximum absolute atomic E-state index is 11.6. The number of benzene rings is 1. The summed E-state index contributed by atoms with van der Waals surface area (Å²) in [7, 11) is 0. The molecule has 1 aromatic carbocycles. The summed E-state index contributed by atoms with van der Waals surface area (Å²) in [6.45, 7) is 2.80. The third-order valence-corrected chi connectivity index (χ3v) is 2.74. The maximum Gasteiger partial charge on any atom is 0.243 e. The first kappa shape index (κ1) is 13.9. The lowest BCUT2D eigenvalue weighted by molar-refractivity contribution is -0.116. The van der Waals surface area contributed by atoms with E-state index in [-0.39, 0.29) is 5.91 Å². The number of hydrogen-bond acceptors (Lipinski definition) is 4. The first-order valence-corrected chi connectivity index (χ1v) is 6.59. The Morgan fingerprint density at radius 3 is 3.10 bits per heavy atom. The average Bonchev–Trinajstić information content (AvgIpc) is 3.00. The highest BCUT2D eigenvalue weighted by atomic mass is 16.1. The van der Waals surface area contributed by atoms with E-state index in [0.29, 0.717) is 6.54 Å². The van der Waals surface area contributed by atoms with Gasteiger partial charge in [-0.1, -0.05) is 25.5 Å². The Morgan fingerprint density at radius 1 is 1.45 bits per heavy atom. The number of unbranched alkanes of at least 4 members (excludes halogenated alkanes) is 1. The number of tetrazole rings is 1. The molecule has 1 N–H and O–H groups in total. The molecule has 0 aliphatic heterocycles. The standard InChI is InChI=1S/C14H17N5O/c1-2-3-9-15-14(20)8-7-12-5-4-6-13(10-12)19-11-16-17-18-19/h4-8,10-11H,2-3,9H2,1H3,(H,15,20)/b8-7+. The molecule has 1 aromatic heterocycles. The molecule has 0 unspecified atom stereocenters. The van der Waals surface area contributed by atoms with E-state index < -0.39 is 0 Å². The van der Waals surface area contributed by atoms with E-state index in [1.54, 1.807) is 10.8 Å². The van der Waals surface area contributed by atoms with Crippen molar-refractivity contribution in [3.8, 4) is 5.69 Å². The van der Waals surface area contributed by atoms with Gasteiger partial charge in [-0.3, -0.25) is 4.79 Å². The molecule has 0 aliphatic rings. The fourth-order valence-corrected chi connectivity index (χ4v) is 1.67. The lowest BCUT2D eigenvalue weighted by atomic mass is 10.2. The number of amides is 1. The minimum absolute atomic E-state index is 0.0775. The van der Waals surface area contributed by atoms with E-state index in [1.807, 2.05) is 24.3 Å². The Labute approximate surface area is 117 Å². The van der Waals surface area contributed by atoms with Crippen LogP contribution in [0.5, 0.6) is 0 Å². The first-order chi connectivity index (χ1) is 9.79. The second-order valence-corrected chi connectivity index (χ2v) is 4.33. The van der Waals surface area contributed by atoms with Crippen molar-refractivity contribution in [3.63, 3.8) is 0 Å². The zero-order valence-corrected chi connectivity index (χ0v) is 11.4. The Bertz CT molecular complexity index is 577. The van der Waals surface area contributed by atoms with Crippen LogP contribution in [0.25, 0.3) is 11.8 Å². The Balaban J connectivity index is 1.99. The maximum atomic E-state index is 11.6. The molecule has 104 valence electrons. The van der Waals surface area contributed by atoms with Gasteiger partial charge in [0.2, 0.25) is 5.91 Å². The second kappa shape index (κ2) is 7.18. The fourth-order valence-electron chi connectivity index (χ4n) is 1.67. The molecule has 0 saturated carbocycles. The molecule has 0 atom stereocenters. The molecule has 6 nitrogen and oxygen atoms in total. The molecule has 0 spiro atoms. The lowest BCUT2D eigenvalue weighted by Crippen LogP contribution is -2.21. The summed E-state index contributed by atoms with van der Waals surface area (Å²) < 4.78 is 1.57. The van der Waals surface area contributed by atoms with Crippen LogP contribution in [0.15, 0.2) is 36.7 Å². The number of hydrogen-bond donors (Lipinski definition) is 1. The van der Waals surface area contributed by atoms with Gasteiger partial charge in [0.15, 0.2) is 0 Å². The average molecular weight is 271 g/mol. The minimum atomic E-state index is -0.0775. The van der Waals surface area contributed by atoms with Gasteiger partial charge in [-0.25, -0.2) is 4.68 Å². The molecule has 0 aliphatic carbocycles. The first-order valence-electron chi connectivity index (χ1n) is 6.59. The number of rotatable bonds is 6. The lowest BCUT2D eigenvalue weighted by Gasteiger charge is -2.01. The number of aromatic nitrogens is 4. The Morgan fingerprint density at radius 2 is 2.35 bits per heavy atom. The van der Waals surface area contributed by atoms with Crippen molar-refractivity contribution in [2.24, 2.45) is 0 Å². The quantitative estimate of drug-likeness (QED) is 0.639. The highest BCUT2D eigenvalue weighted by molar-refractivity contribution is 5.91. The summed E-state index contributed by atoms with van der Waals surface area (Å²) in [6.07, 6.45) is 6.90. The molecule has 20 heavy (non-hydrogen) atoms. The molecule has 2 aromatic rings. The normalized spacial score (nSPS) is 10.8. The van der Waals surface area contributed by atoms with Gasteiger partial charge >= 0.3 is 0 Å². The van der Waals surface area contributed by atoms with Gasteiger partial charge < -0.3 is 5.32 Å². The molecular formula is C14H17N5O. The Kier molecular flexibility index (Phi) is 5.00. The number of carbonyl (C=O) groups excluding carboxylic acids is 1. The van der Waals surface area contributed by atoms with Crippen LogP contribution < -0.4 is 5.32 Å². The predicted molar refractivity (Wildman–Crippen MR) is 76.1 cm³/mol. The molecular weight excluding hydrogens is 254 g/mol. The largest absolute Gasteiger partial charge is 0.353 e. The van der Waals surface area contributed by atoms with Crippen molar-refractivity contribution in [1.29, 1.82) is 0 Å². The van der Waals surface area contributed by atoms with Crippen molar-refractivity contribution in [2.75, 3.05) is 6.54 Å². The van der Waals surface area contributed by atoms with Gasteiger partial charge in [0, 0.05) is 12.6 Å². The number of carbonyl (C=O) groups is 1. The summed E-state index contributed by atoms with van der Waals surface area (Å²) in [5.74, 6) is -0.0775. The van der Waals surface area contributed by atoms with E-state index in [1.165, 1.54) is 12.4 Å². The fraction of sp³-hybridized carbons (Fsp3) is 0.286. The predicted octanol–water partition coefficient (Wildman–Crippen LogP) is 1.59. The summed E-state index contributed by atoms with van der Waals surface area (Å²) in [6, 6.07) is 7.62. The number of nitrogens with one attached hydrogen (secondary N) is 1. The van der Waals surface area contributed by atoms with E-state index >= 15 is 0 Å². The van der Waals surface area contributed by atoms with Crippen LogP contribution in [-0.4, -0.2) is 32.7 Å². The van der Waals surface area contributed by atoms with Gasteiger partial charge in [-0.2, -0.15) is 0 Å². The molecule has 0 bridgehead atoms. The van der Waals surface area contributed by atoms with Crippen molar-refractivity contribution in [1.82, 2.24) is 25.5 Å². The van der Waals surface area contributed by atoms with E-state index in [0.717, 1.165) is 24.1 Å². The third-order valence-electron chi connectivity index (χ3n) is 2.74. The van der Waals surface area contributed by atoms with E-state index in [2.05, 4.69) is 27.8 Å². The summed E-state index contributed by atoms with van der Waals surface area (Å²) in [4.78, 5) is 11.6. The van der Waals surface area contributed by atoms with Crippen LogP contribution >= 0.6 is 0 Å². The van der Waals surface area contributed by atoms with Crippen LogP contribution in [0, 0.1) is 0 Å². The van der Waals surface area contributed by atoms with Crippen molar-refractivity contribution >= 4 is 12.0 Å². The highest BCUT2D eigenvalue weighted by Crippen LogP contribution is 2.10. The molecule has 2 rings (SSSR count). The molecule has 1 amide bonds. The minimum Gasteiger partial charge on any atom is -0.353 e. The van der Waals surface area contributed by atoms with Gasteiger partial charge in [0.25, 0.3) is 0 Å². The van der Waals surface area contributed by atoms with Crippen LogP contribution in [0.4, 0.5) is 0 Å². The summed E-state index contributed by atoms with van der Waals surface area (Å²) >= 11 is 0. The van der Waals surface area contributed by atoms with Crippen molar-refractivity contribution < 1.29 is 4.79 Å². The number of nitrogens with zero attached hydrogens (tertiary/aromatic N) is 4. The topological polar surface area (TPSA) is 72.7 Å². The van der Waals surface area contributed by atoms with Crippen molar-refractivity contribution in [3.05, 3.63) is 42.2 Å². The summed E-state index contributed by atoms with van der Waals surface area (Å²) in [5, 5.41) is 13.8. The zero-order valence-electron chi connectivity index (χ0n) is 11.4. The zero-order chi connectivity index (χ0) is 14.2. The molecule has 1 heterocycles. The van der Waals surface area contributed by atoms with Gasteiger partial charge in [-0.05, 0) is 40.6 Å². The van der Waals surface area contributed by atoms with Gasteiger partial charge in [0.05, 0.1) is 5.69 Å². The van der Waals surface area contributed by atoms with E-state index in [4.69, 9.17) is 0 Å². The molecule has 0 radical (unpaired) electrons. The van der Waals surface area contributed by atoms with Crippen LogP contribution in [0.3, 0.4) is 0 Å². The molecule has 0 saturated heterocycles. The SMILES string of the molecule is CCCCNC(=O)/C=C/c1cccc(-n2cnnn2)c1. The van der Waals surface area contributed by atoms with Crippen LogP contribution in [0.2, 0.25) is 0 Å². The van der Waals surface area contributed by atoms with E-state index in [9.17, 15) is 4.79 Å². The van der Waals surface area contributed by atoms with Gasteiger partial charge in [-0.15, -0.1) is 5.10 Å². The van der Waals surface area contributed by atoms with Crippen LogP contribution in [0.1, 0.15) is 25.3 Å². The second-order valence-electron chi connectivity index (χ2n) is 4.33. The molecule has 0 fully saturated rings. The monoisotopic (exact) mass is 271 g/mol. The smallest absolute Gasteiger partial charge is 0.243 e. The Hall–Kier alpha value is -2.50.